The number of anilines is 1. The zero-order valence-electron chi connectivity index (χ0n) is 17.9. The first-order valence-electron chi connectivity index (χ1n) is 10.4. The maximum atomic E-state index is 12.7. The van der Waals surface area contributed by atoms with Crippen LogP contribution in [0.2, 0.25) is 0 Å². The number of alkyl halides is 3. The van der Waals surface area contributed by atoms with E-state index in [0.717, 1.165) is 29.2 Å². The average Bonchev–Trinajstić information content (AvgIpc) is 2.80. The lowest BCUT2D eigenvalue weighted by Crippen LogP contribution is -2.49. The van der Waals surface area contributed by atoms with E-state index in [4.69, 9.17) is 0 Å². The van der Waals surface area contributed by atoms with Crippen LogP contribution in [-0.4, -0.2) is 47.2 Å². The summed E-state index contributed by atoms with van der Waals surface area (Å²) in [6.45, 7) is 6.19. The molecule has 0 spiro atoms. The Bertz CT molecular complexity index is 1100. The zero-order chi connectivity index (χ0) is 22.9. The maximum Gasteiger partial charge on any atom is 0.416 e. The molecule has 0 bridgehead atoms. The fourth-order valence-corrected chi connectivity index (χ4v) is 3.67. The number of halogens is 3. The van der Waals surface area contributed by atoms with Gasteiger partial charge in [-0.2, -0.15) is 13.2 Å². The van der Waals surface area contributed by atoms with Gasteiger partial charge in [0.25, 0.3) is 5.91 Å². The number of aryl methyl sites for hydroxylation is 2. The molecule has 1 fully saturated rings. The molecule has 4 rings (SSSR count). The highest BCUT2D eigenvalue weighted by Gasteiger charge is 2.30. The molecule has 1 amide bonds. The van der Waals surface area contributed by atoms with Gasteiger partial charge in [-0.1, -0.05) is 12.1 Å². The monoisotopic (exact) mass is 440 g/mol. The Morgan fingerprint density at radius 2 is 1.53 bits per heavy atom. The molecule has 1 saturated heterocycles. The van der Waals surface area contributed by atoms with Gasteiger partial charge < -0.3 is 9.80 Å². The molecule has 1 aliphatic rings. The summed E-state index contributed by atoms with van der Waals surface area (Å²) in [4.78, 5) is 16.4. The third-order valence-electron chi connectivity index (χ3n) is 5.80. The van der Waals surface area contributed by atoms with E-state index in [1.54, 1.807) is 4.90 Å². The van der Waals surface area contributed by atoms with Crippen LogP contribution in [0.5, 0.6) is 0 Å². The van der Waals surface area contributed by atoms with Gasteiger partial charge in [0, 0.05) is 37.3 Å². The summed E-state index contributed by atoms with van der Waals surface area (Å²) in [6, 6.07) is 14.4. The van der Waals surface area contributed by atoms with Crippen molar-refractivity contribution < 1.29 is 18.0 Å². The second-order valence-electron chi connectivity index (χ2n) is 7.93. The second kappa shape index (κ2) is 8.61. The van der Waals surface area contributed by atoms with Crippen molar-refractivity contribution in [2.45, 2.75) is 20.0 Å². The molecule has 5 nitrogen and oxygen atoms in total. The number of hydrogen-bond acceptors (Lipinski definition) is 4. The minimum Gasteiger partial charge on any atom is -0.352 e. The Morgan fingerprint density at radius 3 is 2.09 bits per heavy atom. The molecule has 1 aromatic heterocycles. The standard InChI is InChI=1S/C24H23F3N4O/c1-16-3-4-19(15-17(16)2)21-9-10-22(29-28-21)30-11-13-31(14-12-30)23(32)18-5-7-20(8-6-18)24(25,26)27/h3-10,15H,11-14H2,1-2H3. The van der Waals surface area contributed by atoms with E-state index in [-0.39, 0.29) is 11.5 Å². The third kappa shape index (κ3) is 4.59. The topological polar surface area (TPSA) is 49.3 Å². The molecular formula is C24H23F3N4O. The summed E-state index contributed by atoms with van der Waals surface area (Å²) in [7, 11) is 0. The average molecular weight is 440 g/mol. The van der Waals surface area contributed by atoms with E-state index in [1.807, 2.05) is 23.1 Å². The lowest BCUT2D eigenvalue weighted by atomic mass is 10.0. The first-order chi connectivity index (χ1) is 15.2. The van der Waals surface area contributed by atoms with Crippen LogP contribution in [0.4, 0.5) is 19.0 Å². The van der Waals surface area contributed by atoms with Gasteiger partial charge in [-0.25, -0.2) is 0 Å². The third-order valence-corrected chi connectivity index (χ3v) is 5.80. The number of rotatable bonds is 3. The lowest BCUT2D eigenvalue weighted by molar-refractivity contribution is -0.137. The predicted octanol–water partition coefficient (Wildman–Crippen LogP) is 4.74. The van der Waals surface area contributed by atoms with Crippen LogP contribution >= 0.6 is 0 Å². The number of benzene rings is 2. The lowest BCUT2D eigenvalue weighted by Gasteiger charge is -2.35. The normalized spacial score (nSPS) is 14.5. The SMILES string of the molecule is Cc1ccc(-c2ccc(N3CCN(C(=O)c4ccc(C(F)(F)F)cc4)CC3)nn2)cc1C. The van der Waals surface area contributed by atoms with Gasteiger partial charge in [0.1, 0.15) is 0 Å². The van der Waals surface area contributed by atoms with E-state index in [2.05, 4.69) is 36.2 Å². The summed E-state index contributed by atoms with van der Waals surface area (Å²) < 4.78 is 38.2. The van der Waals surface area contributed by atoms with Crippen LogP contribution in [0.1, 0.15) is 27.0 Å². The molecule has 1 aliphatic heterocycles. The molecule has 8 heteroatoms. The molecule has 2 aromatic carbocycles. The van der Waals surface area contributed by atoms with Crippen molar-refractivity contribution in [2.24, 2.45) is 0 Å². The van der Waals surface area contributed by atoms with Gasteiger partial charge in [0.15, 0.2) is 5.82 Å². The molecule has 0 saturated carbocycles. The summed E-state index contributed by atoms with van der Waals surface area (Å²) in [5, 5.41) is 8.72. The summed E-state index contributed by atoms with van der Waals surface area (Å²) in [5.74, 6) is 0.466. The highest BCUT2D eigenvalue weighted by atomic mass is 19.4. The van der Waals surface area contributed by atoms with Crippen molar-refractivity contribution in [1.82, 2.24) is 15.1 Å². The summed E-state index contributed by atoms with van der Waals surface area (Å²) in [6.07, 6.45) is -4.41. The molecule has 3 aromatic rings. The fraction of sp³-hybridized carbons (Fsp3) is 0.292. The Morgan fingerprint density at radius 1 is 0.844 bits per heavy atom. The van der Waals surface area contributed by atoms with E-state index in [0.29, 0.717) is 26.2 Å². The summed E-state index contributed by atoms with van der Waals surface area (Å²) in [5.41, 5.74) is 3.72. The first-order valence-corrected chi connectivity index (χ1v) is 10.4. The quantitative estimate of drug-likeness (QED) is 0.590. The Labute approximate surface area is 184 Å². The van der Waals surface area contributed by atoms with E-state index in [1.165, 1.54) is 23.3 Å². The Balaban J connectivity index is 1.38. The van der Waals surface area contributed by atoms with Crippen molar-refractivity contribution in [1.29, 1.82) is 0 Å². The highest BCUT2D eigenvalue weighted by Crippen LogP contribution is 2.29. The predicted molar refractivity (Wildman–Crippen MR) is 117 cm³/mol. The maximum absolute atomic E-state index is 12.7. The molecule has 32 heavy (non-hydrogen) atoms. The number of nitrogens with zero attached hydrogens (tertiary/aromatic N) is 4. The number of amides is 1. The van der Waals surface area contributed by atoms with Gasteiger partial charge in [-0.05, 0) is 67.4 Å². The minimum atomic E-state index is -4.41. The van der Waals surface area contributed by atoms with Crippen molar-refractivity contribution in [3.8, 4) is 11.3 Å². The van der Waals surface area contributed by atoms with E-state index >= 15 is 0 Å². The molecule has 0 radical (unpaired) electrons. The van der Waals surface area contributed by atoms with Gasteiger partial charge >= 0.3 is 6.18 Å². The van der Waals surface area contributed by atoms with Gasteiger partial charge in [-0.3, -0.25) is 4.79 Å². The molecule has 166 valence electrons. The molecular weight excluding hydrogens is 417 g/mol. The number of hydrogen-bond donors (Lipinski definition) is 0. The Hall–Kier alpha value is -3.42. The van der Waals surface area contributed by atoms with Gasteiger partial charge in [0.2, 0.25) is 0 Å². The molecule has 0 aliphatic carbocycles. The van der Waals surface area contributed by atoms with Gasteiger partial charge in [-0.15, -0.1) is 10.2 Å². The van der Waals surface area contributed by atoms with Crippen LogP contribution in [-0.2, 0) is 6.18 Å². The first kappa shape index (κ1) is 21.8. The number of piperazine rings is 1. The number of carbonyl (C=O) groups is 1. The van der Waals surface area contributed by atoms with Crippen molar-refractivity contribution in [2.75, 3.05) is 31.1 Å². The van der Waals surface area contributed by atoms with Crippen LogP contribution in [0.15, 0.2) is 54.6 Å². The van der Waals surface area contributed by atoms with Crippen LogP contribution < -0.4 is 4.90 Å². The zero-order valence-corrected chi connectivity index (χ0v) is 17.9. The largest absolute Gasteiger partial charge is 0.416 e. The van der Waals surface area contributed by atoms with Crippen LogP contribution in [0.3, 0.4) is 0 Å². The van der Waals surface area contributed by atoms with Crippen molar-refractivity contribution >= 4 is 11.7 Å². The number of aromatic nitrogens is 2. The molecule has 0 N–H and O–H groups in total. The highest BCUT2D eigenvalue weighted by molar-refractivity contribution is 5.94. The van der Waals surface area contributed by atoms with E-state index in [9.17, 15) is 18.0 Å². The Kier molecular flexibility index (Phi) is 5.86. The van der Waals surface area contributed by atoms with E-state index < -0.39 is 11.7 Å². The number of carbonyl (C=O) groups excluding carboxylic acids is 1. The smallest absolute Gasteiger partial charge is 0.352 e. The second-order valence-corrected chi connectivity index (χ2v) is 7.93. The van der Waals surface area contributed by atoms with Crippen molar-refractivity contribution in [3.05, 3.63) is 76.9 Å². The molecule has 0 atom stereocenters. The van der Waals surface area contributed by atoms with Crippen molar-refractivity contribution in [3.63, 3.8) is 0 Å². The van der Waals surface area contributed by atoms with Crippen LogP contribution in [0.25, 0.3) is 11.3 Å². The summed E-state index contributed by atoms with van der Waals surface area (Å²) >= 11 is 0. The van der Waals surface area contributed by atoms with Crippen LogP contribution in [0, 0.1) is 13.8 Å². The molecule has 0 unspecified atom stereocenters. The van der Waals surface area contributed by atoms with Gasteiger partial charge in [0.05, 0.1) is 11.3 Å². The fourth-order valence-electron chi connectivity index (χ4n) is 3.67. The minimum absolute atomic E-state index is 0.254. The molecule has 2 heterocycles.